The Balaban J connectivity index is 2.06. The van der Waals surface area contributed by atoms with Crippen molar-refractivity contribution in [2.45, 2.75) is 32.1 Å². The summed E-state index contributed by atoms with van der Waals surface area (Å²) in [6.45, 7) is 0.309. The summed E-state index contributed by atoms with van der Waals surface area (Å²) in [6.07, 6.45) is 13.3. The number of aromatic nitrogens is 1. The lowest BCUT2D eigenvalue weighted by Crippen LogP contribution is -1.84. The second kappa shape index (κ2) is 8.18. The second-order valence-corrected chi connectivity index (χ2v) is 3.59. The molecule has 1 aromatic heterocycles. The van der Waals surface area contributed by atoms with E-state index in [1.165, 1.54) is 5.56 Å². The first kappa shape index (κ1) is 11.9. The van der Waals surface area contributed by atoms with E-state index in [0.717, 1.165) is 32.1 Å². The van der Waals surface area contributed by atoms with E-state index in [-0.39, 0.29) is 0 Å². The highest BCUT2D eigenvalue weighted by molar-refractivity contribution is 5.09. The summed E-state index contributed by atoms with van der Waals surface area (Å²) in [7, 11) is 0. The van der Waals surface area contributed by atoms with Crippen molar-refractivity contribution in [1.82, 2.24) is 4.98 Å². The van der Waals surface area contributed by atoms with Crippen molar-refractivity contribution >= 4 is 0 Å². The van der Waals surface area contributed by atoms with Gasteiger partial charge in [-0.2, -0.15) is 0 Å². The van der Waals surface area contributed by atoms with Crippen LogP contribution in [-0.2, 0) is 6.42 Å². The first-order valence-electron chi connectivity index (χ1n) is 5.58. The lowest BCUT2D eigenvalue weighted by atomic mass is 10.1. The maximum atomic E-state index is 8.59. The molecule has 0 amide bonds. The maximum Gasteiger partial charge on any atom is 0.0431 e. The van der Waals surface area contributed by atoms with Gasteiger partial charge in [-0.05, 0) is 43.7 Å². The van der Waals surface area contributed by atoms with Crippen LogP contribution in [0.4, 0.5) is 0 Å². The van der Waals surface area contributed by atoms with Gasteiger partial charge < -0.3 is 5.11 Å². The van der Waals surface area contributed by atoms with Crippen molar-refractivity contribution in [3.63, 3.8) is 0 Å². The molecule has 0 bridgehead atoms. The molecular formula is C13H19NO. The molecule has 82 valence electrons. The van der Waals surface area contributed by atoms with Gasteiger partial charge in [-0.1, -0.05) is 18.2 Å². The normalized spacial score (nSPS) is 11.0. The largest absolute Gasteiger partial charge is 0.396 e. The molecule has 0 radical (unpaired) electrons. The zero-order valence-corrected chi connectivity index (χ0v) is 9.10. The van der Waals surface area contributed by atoms with Crippen LogP contribution in [0.25, 0.3) is 0 Å². The fourth-order valence-electron chi connectivity index (χ4n) is 1.41. The molecule has 2 nitrogen and oxygen atoms in total. The highest BCUT2D eigenvalue weighted by Gasteiger charge is 1.88. The second-order valence-electron chi connectivity index (χ2n) is 3.59. The monoisotopic (exact) mass is 205 g/mol. The molecule has 1 rings (SSSR count). The smallest absolute Gasteiger partial charge is 0.0431 e. The third-order valence-corrected chi connectivity index (χ3v) is 2.27. The molecule has 1 aromatic rings. The van der Waals surface area contributed by atoms with Gasteiger partial charge in [0.1, 0.15) is 0 Å². The molecule has 0 atom stereocenters. The number of aliphatic hydroxyl groups excluding tert-OH is 1. The Hall–Kier alpha value is -1.15. The Morgan fingerprint density at radius 2 is 2.07 bits per heavy atom. The number of nitrogens with zero attached hydrogens (tertiary/aromatic N) is 1. The van der Waals surface area contributed by atoms with E-state index in [9.17, 15) is 0 Å². The minimum atomic E-state index is 0.309. The number of hydrogen-bond acceptors (Lipinski definition) is 2. The molecule has 1 N–H and O–H groups in total. The predicted molar refractivity (Wildman–Crippen MR) is 62.6 cm³/mol. The number of rotatable bonds is 7. The van der Waals surface area contributed by atoms with E-state index >= 15 is 0 Å². The van der Waals surface area contributed by atoms with Crippen molar-refractivity contribution in [3.05, 3.63) is 42.2 Å². The Labute approximate surface area is 91.7 Å². The van der Waals surface area contributed by atoms with Gasteiger partial charge >= 0.3 is 0 Å². The third-order valence-electron chi connectivity index (χ3n) is 2.27. The van der Waals surface area contributed by atoms with Crippen molar-refractivity contribution in [2.24, 2.45) is 0 Å². The topological polar surface area (TPSA) is 33.1 Å². The molecule has 15 heavy (non-hydrogen) atoms. The fourth-order valence-corrected chi connectivity index (χ4v) is 1.41. The number of pyridine rings is 1. The lowest BCUT2D eigenvalue weighted by molar-refractivity contribution is 0.285. The minimum Gasteiger partial charge on any atom is -0.396 e. The van der Waals surface area contributed by atoms with Crippen molar-refractivity contribution in [2.75, 3.05) is 6.61 Å². The average molecular weight is 205 g/mol. The Morgan fingerprint density at radius 3 is 2.80 bits per heavy atom. The van der Waals surface area contributed by atoms with E-state index in [1.54, 1.807) is 6.20 Å². The van der Waals surface area contributed by atoms with Gasteiger partial charge in [-0.15, -0.1) is 0 Å². The third kappa shape index (κ3) is 6.02. The van der Waals surface area contributed by atoms with E-state index in [2.05, 4.69) is 23.2 Å². The van der Waals surface area contributed by atoms with E-state index < -0.39 is 0 Å². The lowest BCUT2D eigenvalue weighted by Gasteiger charge is -1.96. The minimum absolute atomic E-state index is 0.309. The SMILES string of the molecule is OCCCC/C=C\CCc1cccnc1. The zero-order valence-electron chi connectivity index (χ0n) is 9.10. The predicted octanol–water partition coefficient (Wildman–Crippen LogP) is 2.73. The quantitative estimate of drug-likeness (QED) is 0.548. The van der Waals surface area contributed by atoms with Gasteiger partial charge in [0.2, 0.25) is 0 Å². The first-order chi connectivity index (χ1) is 7.43. The molecule has 0 aromatic carbocycles. The van der Waals surface area contributed by atoms with E-state index in [4.69, 9.17) is 5.11 Å². The number of aryl methyl sites for hydroxylation is 1. The summed E-state index contributed by atoms with van der Waals surface area (Å²) in [5, 5.41) is 8.59. The summed E-state index contributed by atoms with van der Waals surface area (Å²) in [5.41, 5.74) is 1.29. The molecule has 0 unspecified atom stereocenters. The Bertz CT molecular complexity index is 269. The van der Waals surface area contributed by atoms with Crippen LogP contribution < -0.4 is 0 Å². The molecule has 0 fully saturated rings. The summed E-state index contributed by atoms with van der Waals surface area (Å²) < 4.78 is 0. The van der Waals surface area contributed by atoms with Gasteiger partial charge in [0, 0.05) is 19.0 Å². The van der Waals surface area contributed by atoms with Gasteiger partial charge in [0.15, 0.2) is 0 Å². The van der Waals surface area contributed by atoms with Gasteiger partial charge in [-0.3, -0.25) is 4.98 Å². The number of allylic oxidation sites excluding steroid dienone is 2. The molecule has 0 saturated carbocycles. The molecule has 0 aliphatic carbocycles. The average Bonchev–Trinajstić information content (AvgIpc) is 2.29. The highest BCUT2D eigenvalue weighted by Crippen LogP contribution is 2.02. The Kier molecular flexibility index (Phi) is 6.50. The van der Waals surface area contributed by atoms with Crippen LogP contribution in [0, 0.1) is 0 Å². The van der Waals surface area contributed by atoms with Crippen molar-refractivity contribution in [3.8, 4) is 0 Å². The molecule has 0 aliphatic rings. The number of hydrogen-bond donors (Lipinski definition) is 1. The van der Waals surface area contributed by atoms with Crippen LogP contribution in [0.5, 0.6) is 0 Å². The summed E-state index contributed by atoms with van der Waals surface area (Å²) in [5.74, 6) is 0. The van der Waals surface area contributed by atoms with Crippen LogP contribution in [0.1, 0.15) is 31.2 Å². The first-order valence-corrected chi connectivity index (χ1v) is 5.58. The fraction of sp³-hybridized carbons (Fsp3) is 0.462. The Morgan fingerprint density at radius 1 is 1.20 bits per heavy atom. The van der Waals surface area contributed by atoms with Crippen molar-refractivity contribution < 1.29 is 5.11 Å². The van der Waals surface area contributed by atoms with E-state index in [1.807, 2.05) is 12.3 Å². The van der Waals surface area contributed by atoms with Crippen LogP contribution in [0.15, 0.2) is 36.7 Å². The number of unbranched alkanes of at least 4 members (excludes halogenated alkanes) is 2. The summed E-state index contributed by atoms with van der Waals surface area (Å²) in [6, 6.07) is 4.08. The molecule has 0 saturated heterocycles. The molecule has 2 heteroatoms. The van der Waals surface area contributed by atoms with Gasteiger partial charge in [0.05, 0.1) is 0 Å². The van der Waals surface area contributed by atoms with Crippen LogP contribution in [0.2, 0.25) is 0 Å². The highest BCUT2D eigenvalue weighted by atomic mass is 16.2. The summed E-state index contributed by atoms with van der Waals surface area (Å²) >= 11 is 0. The summed E-state index contributed by atoms with van der Waals surface area (Å²) in [4.78, 5) is 4.07. The molecular weight excluding hydrogens is 186 g/mol. The van der Waals surface area contributed by atoms with Gasteiger partial charge in [0.25, 0.3) is 0 Å². The number of aliphatic hydroxyl groups is 1. The standard InChI is InChI=1S/C13H19NO/c15-11-6-4-2-1-3-5-8-13-9-7-10-14-12-13/h1,3,7,9-10,12,15H,2,4-6,8,11H2/b3-1-. The van der Waals surface area contributed by atoms with Crippen LogP contribution in [0.3, 0.4) is 0 Å². The maximum absolute atomic E-state index is 8.59. The molecule has 1 heterocycles. The zero-order chi connectivity index (χ0) is 10.8. The van der Waals surface area contributed by atoms with Crippen LogP contribution in [-0.4, -0.2) is 16.7 Å². The van der Waals surface area contributed by atoms with Gasteiger partial charge in [-0.25, -0.2) is 0 Å². The molecule has 0 spiro atoms. The van der Waals surface area contributed by atoms with Crippen molar-refractivity contribution in [1.29, 1.82) is 0 Å². The van der Waals surface area contributed by atoms with E-state index in [0.29, 0.717) is 6.61 Å². The molecule has 0 aliphatic heterocycles. The van der Waals surface area contributed by atoms with Crippen LogP contribution >= 0.6 is 0 Å².